The molecule has 115 heavy (non-hydrogen) atoms. The fourth-order valence-electron chi connectivity index (χ4n) is 8.82. The average Bonchev–Trinajstić information content (AvgIpc) is 1.79. The molecular weight excluding hydrogens is 1770 g/mol. The average molecular weight is 1840 g/mol. The number of rotatable bonds is 19. The minimum Gasteiger partial charge on any atom is -0.481 e. The molecule has 0 aliphatic rings. The number of carbonyl (C=O) groups is 4. The number of nitrogens with two attached hydrogens (primary N) is 1. The Kier molecular flexibility index (Phi) is 41.6. The van der Waals surface area contributed by atoms with Crippen LogP contribution in [0.2, 0.25) is 44.8 Å². The van der Waals surface area contributed by atoms with Gasteiger partial charge in [0.2, 0.25) is 32.7 Å². The number of aromatic amines is 1. The Hall–Kier alpha value is -9.72. The van der Waals surface area contributed by atoms with Gasteiger partial charge >= 0.3 is 12.1 Å². The molecule has 0 aliphatic carbocycles. The second-order valence-corrected chi connectivity index (χ2v) is 35.3. The lowest BCUT2D eigenvalue weighted by atomic mass is 9.98. The van der Waals surface area contributed by atoms with Crippen LogP contribution in [0.15, 0.2) is 180 Å². The van der Waals surface area contributed by atoms with Crippen LogP contribution in [0.25, 0.3) is 84.4 Å². The van der Waals surface area contributed by atoms with E-state index in [2.05, 4.69) is 143 Å². The Balaban J connectivity index is 0.000000244. The van der Waals surface area contributed by atoms with Gasteiger partial charge in [-0.25, -0.2) is 53.9 Å². The smallest absolute Gasteiger partial charge is 0.407 e. The van der Waals surface area contributed by atoms with Crippen molar-refractivity contribution >= 4 is 164 Å². The SMILES string of the molecule is C=C(CNC(=O)OCC)c1ccc(Cl)cc1-c1cc(OC)ncn1.CC(=O)[Si](C)(C)C.CCOC(=O)CN.COc1cc(-c2cc(Cl)ccc2-c2csnn2)ncn1.COc1cc(-c2cc(Cl)ccc2Br)ncn1.COc1cc(-c2cc(Cl)ccc2C(C)=O)ncn1.O=S(Cl)Cl.O=c1cc(-c2cc(Cl)ccc2-c2csnn2)nc[nH]1. The molecule has 0 saturated heterocycles. The second-order valence-electron chi connectivity index (χ2n) is 23.3. The molecule has 0 fully saturated rings. The van der Waals surface area contributed by atoms with Crippen molar-refractivity contribution in [3.8, 4) is 102 Å². The molecule has 40 heteroatoms. The van der Waals surface area contributed by atoms with Crippen molar-refractivity contribution in [1.82, 2.24) is 74.3 Å². The number of hydrogen-bond donors (Lipinski definition) is 3. The van der Waals surface area contributed by atoms with Gasteiger partial charge in [0.1, 0.15) is 50.2 Å². The Labute approximate surface area is 716 Å². The van der Waals surface area contributed by atoms with Crippen molar-refractivity contribution < 1.29 is 51.8 Å². The van der Waals surface area contributed by atoms with Gasteiger partial charge in [0.05, 0.1) is 83.0 Å². The lowest BCUT2D eigenvalue weighted by molar-refractivity contribution is -0.141. The van der Waals surface area contributed by atoms with E-state index in [9.17, 15) is 24.0 Å². The number of halogens is 8. The summed E-state index contributed by atoms with van der Waals surface area (Å²) in [6, 6.07) is 35.3. The summed E-state index contributed by atoms with van der Waals surface area (Å²) in [6.07, 6.45) is 6.59. The van der Waals surface area contributed by atoms with Crippen LogP contribution in [0.3, 0.4) is 0 Å². The van der Waals surface area contributed by atoms with Gasteiger partial charge in [-0.15, -0.1) is 10.2 Å². The predicted octanol–water partition coefficient (Wildman–Crippen LogP) is 18.1. The topological polar surface area (TPSA) is 379 Å². The van der Waals surface area contributed by atoms with Crippen LogP contribution >= 0.6 is 118 Å². The number of aromatic nitrogens is 14. The number of ether oxygens (including phenoxy) is 6. The first-order valence-corrected chi connectivity index (χ1v) is 43.9. The third-order valence-corrected chi connectivity index (χ3v) is 19.6. The first kappa shape index (κ1) is 95.9. The molecule has 0 radical (unpaired) electrons. The number of H-pyrrole nitrogens is 1. The fraction of sp³-hybridized carbons (Fsp3) is 0.200. The van der Waals surface area contributed by atoms with E-state index in [0.29, 0.717) is 101 Å². The van der Waals surface area contributed by atoms with Crippen LogP contribution in [0.5, 0.6) is 23.5 Å². The van der Waals surface area contributed by atoms with Gasteiger partial charge in [-0.05, 0) is 135 Å². The minimum absolute atomic E-state index is 0.0200. The van der Waals surface area contributed by atoms with E-state index in [4.69, 9.17) is 91.6 Å². The Morgan fingerprint density at radius 1 is 0.513 bits per heavy atom. The molecule has 604 valence electrons. The van der Waals surface area contributed by atoms with Gasteiger partial charge < -0.3 is 49.3 Å². The number of ketones is 1. The second kappa shape index (κ2) is 49.9. The first-order chi connectivity index (χ1) is 54.9. The van der Waals surface area contributed by atoms with Crippen molar-refractivity contribution in [2.45, 2.75) is 47.3 Å². The normalized spacial score (nSPS) is 10.2. The molecule has 28 nitrogen and oxygen atoms in total. The van der Waals surface area contributed by atoms with Crippen LogP contribution in [-0.4, -0.2) is 159 Å². The Bertz CT molecular complexity index is 5280. The Morgan fingerprint density at radius 2 is 0.870 bits per heavy atom. The highest BCUT2D eigenvalue weighted by Crippen LogP contribution is 2.37. The Morgan fingerprint density at radius 3 is 1.23 bits per heavy atom. The highest BCUT2D eigenvalue weighted by atomic mass is 79.9. The summed E-state index contributed by atoms with van der Waals surface area (Å²) in [5.74, 6) is 1.52. The number of Topliss-reactive ketones (excluding diaryl/α,β-unsaturated/α-hetero) is 1. The van der Waals surface area contributed by atoms with Gasteiger partial charge in [-0.2, -0.15) is 0 Å². The highest BCUT2D eigenvalue weighted by molar-refractivity contribution is 9.10. The van der Waals surface area contributed by atoms with E-state index in [1.165, 1.54) is 81.9 Å². The third kappa shape index (κ3) is 32.8. The van der Waals surface area contributed by atoms with Gasteiger partial charge in [0.25, 0.3) is 5.56 Å². The highest BCUT2D eigenvalue weighted by Gasteiger charge is 2.20. The summed E-state index contributed by atoms with van der Waals surface area (Å²) in [7, 11) is 12.2. The monoisotopic (exact) mass is 1840 g/mol. The van der Waals surface area contributed by atoms with Crippen molar-refractivity contribution in [3.05, 3.63) is 221 Å². The summed E-state index contributed by atoms with van der Waals surface area (Å²) in [6.45, 7) is 17.8. The molecule has 0 atom stereocenters. The molecule has 12 rings (SSSR count). The molecule has 5 aromatic carbocycles. The number of methoxy groups -OCH3 is 4. The maximum atomic E-state index is 11.6. The lowest BCUT2D eigenvalue weighted by Crippen LogP contribution is -2.30. The van der Waals surface area contributed by atoms with E-state index in [-0.39, 0.29) is 30.4 Å². The zero-order valence-corrected chi connectivity index (χ0v) is 73.5. The van der Waals surface area contributed by atoms with E-state index in [0.717, 1.165) is 66.2 Å². The molecule has 12 aromatic rings. The first-order valence-electron chi connectivity index (χ1n) is 33.3. The summed E-state index contributed by atoms with van der Waals surface area (Å²) >= 11 is 36.2. The van der Waals surface area contributed by atoms with Crippen molar-refractivity contribution in [2.24, 2.45) is 5.73 Å². The fourth-order valence-corrected chi connectivity index (χ4v) is 11.0. The van der Waals surface area contributed by atoms with Crippen LogP contribution in [0.1, 0.15) is 43.6 Å². The third-order valence-electron chi connectivity index (χ3n) is 14.6. The van der Waals surface area contributed by atoms with E-state index < -0.39 is 23.4 Å². The lowest BCUT2D eigenvalue weighted by Gasteiger charge is -2.13. The predicted molar refractivity (Wildman–Crippen MR) is 461 cm³/mol. The van der Waals surface area contributed by atoms with Gasteiger partial charge in [-0.1, -0.05) is 127 Å². The number of esters is 1. The maximum absolute atomic E-state index is 11.6. The van der Waals surface area contributed by atoms with Crippen molar-refractivity contribution in [1.29, 1.82) is 0 Å². The summed E-state index contributed by atoms with van der Waals surface area (Å²) in [5.41, 5.74) is 17.3. The molecule has 7 heterocycles. The summed E-state index contributed by atoms with van der Waals surface area (Å²) < 4.78 is 47.4. The van der Waals surface area contributed by atoms with Crippen LogP contribution in [-0.2, 0) is 28.3 Å². The molecular formula is C75H74BrCl7N16O12S3Si. The minimum atomic E-state index is -1.67. The largest absolute Gasteiger partial charge is 0.481 e. The molecule has 0 spiro atoms. The standard InChI is InChI=1S/C17H18ClN3O3.C13H9ClN4OS.C13H11ClN2O2.C12H7ClN4OS.C11H8BrClN2O.C5H12OSi.C4H9NO2.Cl2OS/c1-4-24-17(22)19-9-11(2)13-6-5-12(18)7-14(13)15-8-16(23-3)21-10-20-15;1-19-13-5-11(15-7-16-13)10-4-8(14)2-3-9(10)12-6-20-18-17-12;1-8(17)10-4-3-9(14)5-11(10)12-6-13(18-2)16-7-15-12;13-7-1-2-8(11-5-19-17-16-11)9(3-7)10-4-12(18)15-6-14-10;1-16-11-5-10(14-6-15-11)8-4-7(13)2-3-9(8)12;1-5(6)7(2,3)4;1-2-7-4(6)3-5;1-4(2)3/h5-8,10H,2,4,9H2,1,3H3,(H,19,22);2-7H,1H3;3-7H,1-2H3;1-6H,(H,14,15,18);2-6H,1H3;1-4H3;2-3,5H2,1H3;. The number of nitrogens with zero attached hydrogens (tertiary/aromatic N) is 13. The number of hydrogen-bond acceptors (Lipinski definition) is 28. The van der Waals surface area contributed by atoms with E-state index in [1.807, 2.05) is 59.3 Å². The van der Waals surface area contributed by atoms with E-state index in [1.54, 1.807) is 102 Å². The molecule has 0 bridgehead atoms. The quantitative estimate of drug-likeness (QED) is 0.0293. The summed E-state index contributed by atoms with van der Waals surface area (Å²) in [4.78, 5) is 94.4. The summed E-state index contributed by atoms with van der Waals surface area (Å²) in [5, 5.41) is 17.9. The maximum Gasteiger partial charge on any atom is 0.407 e. The van der Waals surface area contributed by atoms with Crippen LogP contribution in [0, 0.1) is 0 Å². The molecule has 4 N–H and O–H groups in total. The molecule has 0 aliphatic heterocycles. The molecule has 0 unspecified atom stereocenters. The number of nitrogens with one attached hydrogen (secondary N) is 2. The number of alkyl carbamates (subject to hydrolysis) is 1. The molecule has 7 aromatic heterocycles. The van der Waals surface area contributed by atoms with Crippen LogP contribution < -0.4 is 35.6 Å². The molecule has 0 saturated carbocycles. The van der Waals surface area contributed by atoms with Gasteiger partial charge in [0, 0.05) is 143 Å². The number of benzene rings is 5. The van der Waals surface area contributed by atoms with Gasteiger partial charge in [-0.3, -0.25) is 14.4 Å². The van der Waals surface area contributed by atoms with Gasteiger partial charge in [0.15, 0.2) is 5.78 Å². The van der Waals surface area contributed by atoms with Crippen LogP contribution in [0.4, 0.5) is 4.79 Å². The van der Waals surface area contributed by atoms with E-state index >= 15 is 0 Å². The molecule has 1 amide bonds. The number of amides is 1. The number of carbonyl (C=O) groups excluding carboxylic acids is 4. The van der Waals surface area contributed by atoms with Crippen molar-refractivity contribution in [3.63, 3.8) is 0 Å². The zero-order chi connectivity index (χ0) is 84.7. The van der Waals surface area contributed by atoms with Crippen molar-refractivity contribution in [2.75, 3.05) is 54.7 Å². The zero-order valence-electron chi connectivity index (χ0n) is 63.2.